The lowest BCUT2D eigenvalue weighted by Gasteiger charge is -2.06. The zero-order valence-corrected chi connectivity index (χ0v) is 11.9. The summed E-state index contributed by atoms with van der Waals surface area (Å²) in [7, 11) is 2.91. The van der Waals surface area contributed by atoms with Gasteiger partial charge in [0.2, 0.25) is 0 Å². The Bertz CT molecular complexity index is 695. The van der Waals surface area contributed by atoms with Crippen molar-refractivity contribution in [1.82, 2.24) is 4.98 Å². The van der Waals surface area contributed by atoms with E-state index >= 15 is 0 Å². The lowest BCUT2D eigenvalue weighted by Crippen LogP contribution is -2.03. The lowest BCUT2D eigenvalue weighted by atomic mass is 10.1. The molecule has 2 aromatic rings. The molecule has 0 bridgehead atoms. The highest BCUT2D eigenvalue weighted by molar-refractivity contribution is 7.99. The maximum atomic E-state index is 11.2. The van der Waals surface area contributed by atoms with Crippen LogP contribution in [-0.4, -0.2) is 30.9 Å². The van der Waals surface area contributed by atoms with E-state index < -0.39 is 0 Å². The predicted molar refractivity (Wildman–Crippen MR) is 75.8 cm³/mol. The minimum atomic E-state index is -0.351. The van der Waals surface area contributed by atoms with Crippen molar-refractivity contribution < 1.29 is 14.3 Å². The fourth-order valence-corrected chi connectivity index (χ4v) is 2.44. The minimum absolute atomic E-state index is 0.125. The summed E-state index contributed by atoms with van der Waals surface area (Å²) < 4.78 is 9.72. The number of nitrogens with zero attached hydrogens (tertiary/aromatic N) is 2. The van der Waals surface area contributed by atoms with Crippen molar-refractivity contribution in [3.05, 3.63) is 29.8 Å². The molecule has 1 aromatic carbocycles. The molecule has 0 saturated heterocycles. The molecule has 6 heteroatoms. The standard InChI is InChI=1S/C14H12N2O3S/c1-18-11-3-4-12-9(6-11)5-10(7-15)14(16-12)20-8-13(17)19-2/h3-6H,8H2,1-2H3. The van der Waals surface area contributed by atoms with Crippen molar-refractivity contribution in [3.8, 4) is 11.8 Å². The average molecular weight is 288 g/mol. The van der Waals surface area contributed by atoms with Crippen molar-refractivity contribution in [3.63, 3.8) is 0 Å². The van der Waals surface area contributed by atoms with E-state index in [0.717, 1.165) is 10.9 Å². The molecular weight excluding hydrogens is 276 g/mol. The van der Waals surface area contributed by atoms with Gasteiger partial charge in [-0.1, -0.05) is 11.8 Å². The van der Waals surface area contributed by atoms with Gasteiger partial charge in [0.05, 0.1) is 31.1 Å². The first kappa shape index (κ1) is 14.2. The van der Waals surface area contributed by atoms with Crippen LogP contribution in [-0.2, 0) is 9.53 Å². The van der Waals surface area contributed by atoms with Crippen molar-refractivity contribution in [2.24, 2.45) is 0 Å². The van der Waals surface area contributed by atoms with Crippen molar-refractivity contribution in [2.75, 3.05) is 20.0 Å². The molecule has 0 amide bonds. The van der Waals surface area contributed by atoms with Crippen LogP contribution < -0.4 is 4.74 Å². The van der Waals surface area contributed by atoms with Crippen LogP contribution in [0.25, 0.3) is 10.9 Å². The third kappa shape index (κ3) is 3.00. The van der Waals surface area contributed by atoms with E-state index in [4.69, 9.17) is 4.74 Å². The molecule has 20 heavy (non-hydrogen) atoms. The second-order valence-electron chi connectivity index (χ2n) is 3.88. The monoisotopic (exact) mass is 288 g/mol. The van der Waals surface area contributed by atoms with E-state index in [1.54, 1.807) is 19.2 Å². The summed E-state index contributed by atoms with van der Waals surface area (Å²) in [5.74, 6) is 0.480. The first-order valence-corrected chi connectivity index (χ1v) is 6.75. The minimum Gasteiger partial charge on any atom is -0.497 e. The second kappa shape index (κ2) is 6.26. The maximum absolute atomic E-state index is 11.2. The van der Waals surface area contributed by atoms with Gasteiger partial charge in [-0.15, -0.1) is 0 Å². The average Bonchev–Trinajstić information content (AvgIpc) is 2.50. The molecule has 102 valence electrons. The van der Waals surface area contributed by atoms with E-state index in [0.29, 0.717) is 16.3 Å². The summed E-state index contributed by atoms with van der Waals surface area (Å²) in [5, 5.41) is 10.5. The lowest BCUT2D eigenvalue weighted by molar-refractivity contribution is -0.137. The SMILES string of the molecule is COC(=O)CSc1nc2ccc(OC)cc2cc1C#N. The molecule has 0 spiro atoms. The predicted octanol–water partition coefficient (Wildman–Crippen LogP) is 2.38. The topological polar surface area (TPSA) is 72.2 Å². The van der Waals surface area contributed by atoms with Gasteiger partial charge in [0, 0.05) is 5.39 Å². The van der Waals surface area contributed by atoms with Gasteiger partial charge in [-0.05, 0) is 24.3 Å². The third-order valence-electron chi connectivity index (χ3n) is 2.66. The number of esters is 1. The van der Waals surface area contributed by atoms with Gasteiger partial charge < -0.3 is 9.47 Å². The van der Waals surface area contributed by atoms with Gasteiger partial charge >= 0.3 is 5.97 Å². The van der Waals surface area contributed by atoms with E-state index in [1.165, 1.54) is 18.9 Å². The molecule has 0 radical (unpaired) electrons. The molecule has 0 aliphatic heterocycles. The van der Waals surface area contributed by atoms with Crippen LogP contribution in [0.2, 0.25) is 0 Å². The zero-order chi connectivity index (χ0) is 14.5. The van der Waals surface area contributed by atoms with Crippen molar-refractivity contribution in [2.45, 2.75) is 5.03 Å². The van der Waals surface area contributed by atoms with Crippen LogP contribution in [0, 0.1) is 11.3 Å². The summed E-state index contributed by atoms with van der Waals surface area (Å²) in [6, 6.07) is 9.27. The number of hydrogen-bond donors (Lipinski definition) is 0. The second-order valence-corrected chi connectivity index (χ2v) is 4.84. The van der Waals surface area contributed by atoms with E-state index in [1.807, 2.05) is 12.1 Å². The highest BCUT2D eigenvalue weighted by Gasteiger charge is 2.10. The maximum Gasteiger partial charge on any atom is 0.316 e. The van der Waals surface area contributed by atoms with E-state index in [2.05, 4.69) is 15.8 Å². The molecule has 0 aliphatic carbocycles. The number of methoxy groups -OCH3 is 2. The van der Waals surface area contributed by atoms with Crippen LogP contribution in [0.5, 0.6) is 5.75 Å². The fraction of sp³-hybridized carbons (Fsp3) is 0.214. The molecule has 1 heterocycles. The van der Waals surface area contributed by atoms with E-state index in [9.17, 15) is 10.1 Å². The number of pyridine rings is 1. The summed E-state index contributed by atoms with van der Waals surface area (Å²) in [4.78, 5) is 15.6. The number of carbonyl (C=O) groups excluding carboxylic acids is 1. The normalized spacial score (nSPS) is 10.1. The van der Waals surface area contributed by atoms with Gasteiger partial charge in [0.25, 0.3) is 0 Å². The zero-order valence-electron chi connectivity index (χ0n) is 11.0. The Morgan fingerprint density at radius 1 is 1.40 bits per heavy atom. The highest BCUT2D eigenvalue weighted by atomic mass is 32.2. The van der Waals surface area contributed by atoms with Crippen LogP contribution in [0.3, 0.4) is 0 Å². The summed E-state index contributed by atoms with van der Waals surface area (Å²) >= 11 is 1.19. The number of carbonyl (C=O) groups is 1. The van der Waals surface area contributed by atoms with Gasteiger partial charge in [-0.3, -0.25) is 4.79 Å². The van der Waals surface area contributed by atoms with Gasteiger partial charge in [0.1, 0.15) is 16.8 Å². The Morgan fingerprint density at radius 3 is 2.85 bits per heavy atom. The van der Waals surface area contributed by atoms with Crippen LogP contribution in [0.4, 0.5) is 0 Å². The van der Waals surface area contributed by atoms with E-state index in [-0.39, 0.29) is 11.7 Å². The number of hydrogen-bond acceptors (Lipinski definition) is 6. The Hall–Kier alpha value is -2.26. The summed E-state index contributed by atoms with van der Waals surface area (Å²) in [5.41, 5.74) is 1.18. The Balaban J connectivity index is 2.40. The first-order chi connectivity index (χ1) is 9.67. The number of thioether (sulfide) groups is 1. The Labute approximate surface area is 120 Å². The number of rotatable bonds is 4. The number of nitriles is 1. The molecule has 0 atom stereocenters. The van der Waals surface area contributed by atoms with Gasteiger partial charge in [-0.25, -0.2) is 4.98 Å². The molecule has 0 saturated carbocycles. The molecule has 2 rings (SSSR count). The number of benzene rings is 1. The number of fused-ring (bicyclic) bond motifs is 1. The van der Waals surface area contributed by atoms with Gasteiger partial charge in [0.15, 0.2) is 0 Å². The van der Waals surface area contributed by atoms with Crippen LogP contribution >= 0.6 is 11.8 Å². The number of aromatic nitrogens is 1. The molecule has 0 fully saturated rings. The van der Waals surface area contributed by atoms with Crippen LogP contribution in [0.15, 0.2) is 29.3 Å². The van der Waals surface area contributed by atoms with Crippen molar-refractivity contribution >= 4 is 28.6 Å². The molecule has 0 aliphatic rings. The molecule has 0 N–H and O–H groups in total. The quantitative estimate of drug-likeness (QED) is 0.635. The Kier molecular flexibility index (Phi) is 4.43. The third-order valence-corrected chi connectivity index (χ3v) is 3.63. The molecule has 1 aromatic heterocycles. The molecule has 5 nitrogen and oxygen atoms in total. The highest BCUT2D eigenvalue weighted by Crippen LogP contribution is 2.26. The fourth-order valence-electron chi connectivity index (χ4n) is 1.64. The van der Waals surface area contributed by atoms with Crippen molar-refractivity contribution in [1.29, 1.82) is 5.26 Å². The van der Waals surface area contributed by atoms with Crippen LogP contribution in [0.1, 0.15) is 5.56 Å². The Morgan fingerprint density at radius 2 is 2.20 bits per heavy atom. The largest absolute Gasteiger partial charge is 0.497 e. The molecular formula is C14H12N2O3S. The van der Waals surface area contributed by atoms with Gasteiger partial charge in [-0.2, -0.15) is 5.26 Å². The molecule has 0 unspecified atom stereocenters. The first-order valence-electron chi connectivity index (χ1n) is 5.76. The smallest absolute Gasteiger partial charge is 0.316 e. The summed E-state index contributed by atoms with van der Waals surface area (Å²) in [6.45, 7) is 0. The number of ether oxygens (including phenoxy) is 2. The summed E-state index contributed by atoms with van der Waals surface area (Å²) in [6.07, 6.45) is 0.